The second kappa shape index (κ2) is 36.7. The van der Waals surface area contributed by atoms with E-state index in [4.69, 9.17) is 37.9 Å². The molecule has 18 heteroatoms. The second-order valence-electron chi connectivity index (χ2n) is 36.1. The first-order valence-corrected chi connectivity index (χ1v) is 35.5. The van der Waals surface area contributed by atoms with E-state index in [-0.39, 0.29) is 138 Å². The topological polar surface area (TPSA) is 184 Å². The van der Waals surface area contributed by atoms with Crippen molar-refractivity contribution in [1.29, 1.82) is 0 Å². The number of nitrogens with one attached hydrogen (secondary N) is 4. The normalized spacial score (nSPS) is 17.8. The Balaban J connectivity index is 0.000000338. The number of ether oxygens (including phenoxy) is 8. The minimum Gasteiger partial charge on any atom is -0.872 e. The van der Waals surface area contributed by atoms with Gasteiger partial charge in [0.25, 0.3) is 0 Å². The molecule has 4 aromatic rings. The molecule has 0 aliphatic carbocycles. The fraction of sp³-hybridized carbons (Fsp3) is 0.700. The maximum Gasteiger partial charge on any atom is 2.00 e. The van der Waals surface area contributed by atoms with Crippen molar-refractivity contribution in [3.63, 3.8) is 0 Å². The summed E-state index contributed by atoms with van der Waals surface area (Å²) in [7, 11) is 8.35. The van der Waals surface area contributed by atoms with Gasteiger partial charge in [-0.25, -0.2) is 0 Å². The molecule has 4 saturated heterocycles. The van der Waals surface area contributed by atoms with Crippen LogP contribution in [-0.4, -0.2) is 178 Å². The van der Waals surface area contributed by atoms with Crippen LogP contribution in [0.5, 0.6) is 23.0 Å². The Morgan fingerprint density at radius 1 is 0.265 bits per heavy atom. The van der Waals surface area contributed by atoms with Crippen molar-refractivity contribution in [2.45, 2.75) is 261 Å². The Kier molecular flexibility index (Phi) is 33.5. The maximum absolute atomic E-state index is 13.0. The zero-order valence-electron chi connectivity index (χ0n) is 66.6. The van der Waals surface area contributed by atoms with Gasteiger partial charge in [0.1, 0.15) is 52.4 Å². The summed E-state index contributed by atoms with van der Waals surface area (Å²) in [6, 6.07) is 16.8. The van der Waals surface area contributed by atoms with Crippen LogP contribution >= 0.6 is 0 Å². The van der Waals surface area contributed by atoms with Gasteiger partial charge in [0.15, 0.2) is 0 Å². The summed E-state index contributed by atoms with van der Waals surface area (Å²) in [6.07, 6.45) is -0.582. The van der Waals surface area contributed by atoms with E-state index in [2.05, 4.69) is 243 Å². The average Bonchev–Trinajstić information content (AvgIpc) is 0.852. The molecular formula is C80H132Mg2N4O12+4. The van der Waals surface area contributed by atoms with Crippen LogP contribution in [0.3, 0.4) is 0 Å². The van der Waals surface area contributed by atoms with Crippen molar-refractivity contribution >= 4 is 46.1 Å². The van der Waals surface area contributed by atoms with Crippen LogP contribution in [0.4, 0.5) is 0 Å². The Bertz CT molecular complexity index is 2680. The Labute approximate surface area is 626 Å². The van der Waals surface area contributed by atoms with Crippen LogP contribution in [0.15, 0.2) is 48.5 Å². The molecule has 4 heterocycles. The molecule has 4 unspecified atom stereocenters. The minimum atomic E-state index is -0.154. The fourth-order valence-electron chi connectivity index (χ4n) is 12.1. The van der Waals surface area contributed by atoms with Crippen molar-refractivity contribution in [3.8, 4) is 23.0 Å². The van der Waals surface area contributed by atoms with Crippen molar-refractivity contribution in [1.82, 2.24) is 0 Å². The molecule has 0 spiro atoms. The van der Waals surface area contributed by atoms with Gasteiger partial charge in [0, 0.05) is 0 Å². The van der Waals surface area contributed by atoms with Gasteiger partial charge >= 0.3 is 46.1 Å². The maximum atomic E-state index is 13.0. The third-order valence-corrected chi connectivity index (χ3v) is 18.2. The smallest absolute Gasteiger partial charge is 0.872 e. The van der Waals surface area contributed by atoms with Gasteiger partial charge < -0.3 is 77.9 Å². The molecule has 544 valence electrons. The number of rotatable bonds is 16. The first-order valence-electron chi connectivity index (χ1n) is 35.5. The SMILES string of the molecule is C[NH+](Cc1cc(C(C)(C)C)cc(C(C)(C)C)c1[O-])CC1OCCO1.C[NH+](Cc1cc(C(C)(C)C)cc(C(C)(C)C)c1[O-])CC1OCCO1.C[NH+](Cc1cc(C(C)(C)C)cc(C(C)(C)C)c1[O-])CC1OCCO1.C[NH+](Cc1cc(C(C)(C)C)cc(C(C)(C)C)c1[O-])CC1OCCO1.[Mg+2].[Mg+2]. The molecule has 16 nitrogen and oxygen atoms in total. The van der Waals surface area contributed by atoms with E-state index >= 15 is 0 Å². The van der Waals surface area contributed by atoms with E-state index in [1.54, 1.807) is 0 Å². The predicted octanol–water partition coefficient (Wildman–Crippen LogP) is 6.21. The van der Waals surface area contributed by atoms with Gasteiger partial charge in [-0.15, -0.1) is 0 Å². The summed E-state index contributed by atoms with van der Waals surface area (Å²) in [5.74, 6) is 0.734. The van der Waals surface area contributed by atoms with Crippen molar-refractivity contribution in [3.05, 3.63) is 115 Å². The van der Waals surface area contributed by atoms with Crippen LogP contribution < -0.4 is 40.0 Å². The standard InChI is InChI=1S/4C20H33NO3.2Mg/c4*1-19(2,3)15-10-14(18(22)16(11-15)20(4,5)6)12-21(7)13-17-23-8-9-24-17;;/h4*10-11,17,22H,8-9,12-13H2,1-7H3;;/q;;;;2*+2. The molecule has 0 aromatic heterocycles. The molecule has 8 rings (SSSR count). The van der Waals surface area contributed by atoms with E-state index in [0.717, 1.165) is 70.7 Å². The van der Waals surface area contributed by atoms with Gasteiger partial charge in [-0.05, 0) is 110 Å². The number of benzene rings is 4. The molecule has 4 fully saturated rings. The van der Waals surface area contributed by atoms with Crippen molar-refractivity contribution < 1.29 is 77.9 Å². The van der Waals surface area contributed by atoms with Gasteiger partial charge in [-0.2, -0.15) is 0 Å². The number of hydrogen-bond donors (Lipinski definition) is 4. The molecular weight excluding hydrogens is 1260 g/mol. The first-order chi connectivity index (χ1) is 43.9. The molecule has 0 saturated carbocycles. The molecule has 4 aliphatic heterocycles. The second-order valence-corrected chi connectivity index (χ2v) is 36.1. The Hall–Kier alpha value is -2.87. The van der Waals surface area contributed by atoms with Crippen molar-refractivity contribution in [2.75, 3.05) is 107 Å². The van der Waals surface area contributed by atoms with Crippen LogP contribution in [0.25, 0.3) is 0 Å². The summed E-state index contributed by atoms with van der Waals surface area (Å²) in [5.41, 5.74) is 11.6. The molecule has 4 aliphatic rings. The quantitative estimate of drug-likeness (QED) is 0.0933. The number of quaternary nitrogens is 4. The average molecular weight is 1390 g/mol. The third-order valence-electron chi connectivity index (χ3n) is 18.2. The van der Waals surface area contributed by atoms with Crippen molar-refractivity contribution in [2.24, 2.45) is 0 Å². The number of likely N-dealkylation sites (N-methyl/N-ethyl adjacent to an activating group) is 4. The molecule has 0 bridgehead atoms. The number of hydrogen-bond acceptors (Lipinski definition) is 12. The van der Waals surface area contributed by atoms with Gasteiger partial charge in [-0.3, -0.25) is 0 Å². The molecule has 4 N–H and O–H groups in total. The minimum absolute atomic E-state index is 0. The Morgan fingerprint density at radius 2 is 0.408 bits per heavy atom. The zero-order chi connectivity index (χ0) is 72.5. The van der Waals surface area contributed by atoms with E-state index in [9.17, 15) is 20.4 Å². The van der Waals surface area contributed by atoms with E-state index < -0.39 is 0 Å². The molecule has 4 aromatic carbocycles. The molecule has 0 radical (unpaired) electrons. The third kappa shape index (κ3) is 27.6. The molecule has 98 heavy (non-hydrogen) atoms. The van der Waals surface area contributed by atoms with E-state index in [1.807, 2.05) is 0 Å². The molecule has 4 atom stereocenters. The summed E-state index contributed by atoms with van der Waals surface area (Å²) in [5, 5.41) is 52.0. The van der Waals surface area contributed by atoms with Crippen LogP contribution in [0.2, 0.25) is 0 Å². The van der Waals surface area contributed by atoms with Gasteiger partial charge in [0.2, 0.25) is 25.2 Å². The zero-order valence-corrected chi connectivity index (χ0v) is 69.4. The van der Waals surface area contributed by atoms with E-state index in [1.165, 1.54) is 41.9 Å². The van der Waals surface area contributed by atoms with Gasteiger partial charge in [0.05, 0.1) is 81.0 Å². The Morgan fingerprint density at radius 3 is 0.531 bits per heavy atom. The largest absolute Gasteiger partial charge is 2.00 e. The summed E-state index contributed by atoms with van der Waals surface area (Å²) < 4.78 is 44.2. The van der Waals surface area contributed by atoms with E-state index in [0.29, 0.717) is 79.0 Å². The van der Waals surface area contributed by atoms with Crippen LogP contribution in [-0.2, 0) is 107 Å². The molecule has 0 amide bonds. The summed E-state index contributed by atoms with van der Waals surface area (Å²) >= 11 is 0. The summed E-state index contributed by atoms with van der Waals surface area (Å²) in [4.78, 5) is 4.91. The monoisotopic (exact) mass is 1390 g/mol. The first kappa shape index (κ1) is 89.3. The van der Waals surface area contributed by atoms with Crippen LogP contribution in [0.1, 0.15) is 233 Å². The van der Waals surface area contributed by atoms with Crippen LogP contribution in [0, 0.1) is 0 Å². The fourth-order valence-corrected chi connectivity index (χ4v) is 12.1. The van der Waals surface area contributed by atoms with Gasteiger partial charge in [-0.1, -0.05) is 238 Å². The predicted molar refractivity (Wildman–Crippen MR) is 389 cm³/mol. The summed E-state index contributed by atoms with van der Waals surface area (Å²) in [6.45, 7) is 62.7.